The van der Waals surface area contributed by atoms with Crippen LogP contribution >= 0.6 is 11.6 Å². The molecule has 0 spiro atoms. The first-order valence-electron chi connectivity index (χ1n) is 6.88. The lowest BCUT2D eigenvalue weighted by Crippen LogP contribution is -2.43. The Morgan fingerprint density at radius 1 is 1.42 bits per heavy atom. The number of nitrogens with zero attached hydrogens (tertiary/aromatic N) is 1. The van der Waals surface area contributed by atoms with Crippen molar-refractivity contribution in [1.29, 1.82) is 0 Å². The lowest BCUT2D eigenvalue weighted by Gasteiger charge is -2.35. The van der Waals surface area contributed by atoms with E-state index in [4.69, 9.17) is 11.6 Å². The topological polar surface area (TPSA) is 15.3 Å². The highest BCUT2D eigenvalue weighted by atomic mass is 35.5. The summed E-state index contributed by atoms with van der Waals surface area (Å²) < 4.78 is 13.1. The highest BCUT2D eigenvalue weighted by Crippen LogP contribution is 2.41. The largest absolute Gasteiger partial charge is 0.316 e. The normalized spacial score (nSPS) is 29.7. The SMILES string of the molecule is CC1(C)C2CNCC2CN1Cc1ccc(F)cc1Cl. The van der Waals surface area contributed by atoms with Crippen LogP contribution in [0.1, 0.15) is 19.4 Å². The molecule has 104 valence electrons. The van der Waals surface area contributed by atoms with Crippen LogP contribution in [0.25, 0.3) is 0 Å². The molecule has 1 N–H and O–H groups in total. The molecule has 0 aromatic heterocycles. The quantitative estimate of drug-likeness (QED) is 0.897. The third-order valence-corrected chi connectivity index (χ3v) is 5.25. The molecule has 0 amide bonds. The van der Waals surface area contributed by atoms with Crippen LogP contribution in [0.15, 0.2) is 18.2 Å². The summed E-state index contributed by atoms with van der Waals surface area (Å²) in [5.41, 5.74) is 1.19. The van der Waals surface area contributed by atoms with Gasteiger partial charge in [0.2, 0.25) is 0 Å². The molecule has 1 aromatic rings. The molecule has 2 aliphatic heterocycles. The minimum atomic E-state index is -0.268. The van der Waals surface area contributed by atoms with Gasteiger partial charge in [-0.2, -0.15) is 0 Å². The molecule has 4 heteroatoms. The van der Waals surface area contributed by atoms with E-state index in [9.17, 15) is 4.39 Å². The van der Waals surface area contributed by atoms with Crippen LogP contribution in [0.5, 0.6) is 0 Å². The van der Waals surface area contributed by atoms with Gasteiger partial charge in [-0.15, -0.1) is 0 Å². The van der Waals surface area contributed by atoms with Crippen LogP contribution in [0, 0.1) is 17.7 Å². The van der Waals surface area contributed by atoms with Crippen LogP contribution in [0.4, 0.5) is 4.39 Å². The van der Waals surface area contributed by atoms with E-state index in [2.05, 4.69) is 24.1 Å². The molecule has 2 unspecified atom stereocenters. The van der Waals surface area contributed by atoms with E-state index >= 15 is 0 Å². The second-order valence-corrected chi connectivity index (χ2v) is 6.70. The van der Waals surface area contributed by atoms with E-state index in [-0.39, 0.29) is 11.4 Å². The van der Waals surface area contributed by atoms with Crippen molar-refractivity contribution in [3.8, 4) is 0 Å². The first-order chi connectivity index (χ1) is 8.98. The summed E-state index contributed by atoms with van der Waals surface area (Å²) in [6.45, 7) is 8.73. The number of hydrogen-bond donors (Lipinski definition) is 1. The van der Waals surface area contributed by atoms with Gasteiger partial charge < -0.3 is 5.32 Å². The van der Waals surface area contributed by atoms with Crippen molar-refractivity contribution in [2.24, 2.45) is 11.8 Å². The summed E-state index contributed by atoms with van der Waals surface area (Å²) >= 11 is 6.14. The highest BCUT2D eigenvalue weighted by Gasteiger charge is 2.49. The Kier molecular flexibility index (Phi) is 3.32. The molecular formula is C15H20ClFN2. The Balaban J connectivity index is 1.80. The van der Waals surface area contributed by atoms with E-state index in [0.717, 1.165) is 37.7 Å². The molecule has 2 fully saturated rings. The summed E-state index contributed by atoms with van der Waals surface area (Å²) in [5, 5.41) is 4.01. The standard InChI is InChI=1S/C15H20ClFN2/c1-15(2)13-7-18-6-11(13)9-19(15)8-10-3-4-12(17)5-14(10)16/h3-5,11,13,18H,6-9H2,1-2H3. The molecule has 3 rings (SSSR count). The van der Waals surface area contributed by atoms with Crippen LogP contribution < -0.4 is 5.32 Å². The Labute approximate surface area is 118 Å². The molecule has 2 heterocycles. The lowest BCUT2D eigenvalue weighted by molar-refractivity contribution is 0.132. The molecule has 2 nitrogen and oxygen atoms in total. The maximum atomic E-state index is 13.1. The number of halogens is 2. The number of benzene rings is 1. The number of rotatable bonds is 2. The van der Waals surface area contributed by atoms with Crippen molar-refractivity contribution in [1.82, 2.24) is 10.2 Å². The van der Waals surface area contributed by atoms with E-state index in [1.807, 2.05) is 0 Å². The lowest BCUT2D eigenvalue weighted by atomic mass is 9.85. The van der Waals surface area contributed by atoms with E-state index in [1.165, 1.54) is 12.1 Å². The maximum Gasteiger partial charge on any atom is 0.124 e. The van der Waals surface area contributed by atoms with Crippen LogP contribution in [-0.2, 0) is 6.54 Å². The number of likely N-dealkylation sites (tertiary alicyclic amines) is 1. The van der Waals surface area contributed by atoms with Gasteiger partial charge in [0.1, 0.15) is 5.82 Å². The molecule has 0 bridgehead atoms. The summed E-state index contributed by atoms with van der Waals surface area (Å²) in [5.74, 6) is 1.16. The molecule has 19 heavy (non-hydrogen) atoms. The molecule has 2 atom stereocenters. The van der Waals surface area contributed by atoms with E-state index in [0.29, 0.717) is 10.9 Å². The average Bonchev–Trinajstić information content (AvgIpc) is 2.87. The predicted octanol–water partition coefficient (Wildman–Crippen LogP) is 2.91. The predicted molar refractivity (Wildman–Crippen MR) is 75.7 cm³/mol. The fourth-order valence-corrected chi connectivity index (χ4v) is 3.86. The minimum Gasteiger partial charge on any atom is -0.316 e. The molecule has 0 aliphatic carbocycles. The van der Waals surface area contributed by atoms with Crippen molar-refractivity contribution in [2.75, 3.05) is 19.6 Å². The zero-order valence-corrected chi connectivity index (χ0v) is 12.2. The minimum absolute atomic E-state index is 0.173. The van der Waals surface area contributed by atoms with Crippen LogP contribution in [0.2, 0.25) is 5.02 Å². The number of hydrogen-bond acceptors (Lipinski definition) is 2. The summed E-state index contributed by atoms with van der Waals surface area (Å²) in [7, 11) is 0. The number of fused-ring (bicyclic) bond motifs is 1. The first kappa shape index (κ1) is 13.3. The number of nitrogens with one attached hydrogen (secondary N) is 1. The van der Waals surface area contributed by atoms with Gasteiger partial charge in [0, 0.05) is 30.2 Å². The highest BCUT2D eigenvalue weighted by molar-refractivity contribution is 6.31. The van der Waals surface area contributed by atoms with Crippen molar-refractivity contribution in [3.05, 3.63) is 34.6 Å². The van der Waals surface area contributed by atoms with E-state index < -0.39 is 0 Å². The van der Waals surface area contributed by atoms with Gasteiger partial charge in [-0.05, 0) is 49.9 Å². The summed E-state index contributed by atoms with van der Waals surface area (Å²) in [4.78, 5) is 2.49. The fourth-order valence-electron chi connectivity index (χ4n) is 3.63. The van der Waals surface area contributed by atoms with Gasteiger partial charge in [0.05, 0.1) is 0 Å². The third kappa shape index (κ3) is 2.28. The molecule has 2 saturated heterocycles. The third-order valence-electron chi connectivity index (χ3n) is 4.89. The molecule has 0 radical (unpaired) electrons. The molecule has 0 saturated carbocycles. The Hall–Kier alpha value is -0.640. The Bertz CT molecular complexity index is 489. The molecular weight excluding hydrogens is 263 g/mol. The monoisotopic (exact) mass is 282 g/mol. The molecule has 2 aliphatic rings. The molecule has 1 aromatic carbocycles. The van der Waals surface area contributed by atoms with Gasteiger partial charge in [0.25, 0.3) is 0 Å². The van der Waals surface area contributed by atoms with Crippen LogP contribution in [0.3, 0.4) is 0 Å². The van der Waals surface area contributed by atoms with Gasteiger partial charge >= 0.3 is 0 Å². The Morgan fingerprint density at radius 3 is 2.89 bits per heavy atom. The Morgan fingerprint density at radius 2 is 2.21 bits per heavy atom. The smallest absolute Gasteiger partial charge is 0.124 e. The van der Waals surface area contributed by atoms with Gasteiger partial charge in [-0.1, -0.05) is 17.7 Å². The van der Waals surface area contributed by atoms with Gasteiger partial charge in [-0.25, -0.2) is 4.39 Å². The van der Waals surface area contributed by atoms with Crippen molar-refractivity contribution >= 4 is 11.6 Å². The summed E-state index contributed by atoms with van der Waals surface area (Å²) in [6.07, 6.45) is 0. The first-order valence-corrected chi connectivity index (χ1v) is 7.26. The zero-order chi connectivity index (χ0) is 13.6. The zero-order valence-electron chi connectivity index (χ0n) is 11.4. The second kappa shape index (κ2) is 4.72. The van der Waals surface area contributed by atoms with Gasteiger partial charge in [0.15, 0.2) is 0 Å². The fraction of sp³-hybridized carbons (Fsp3) is 0.600. The second-order valence-electron chi connectivity index (χ2n) is 6.29. The van der Waals surface area contributed by atoms with Crippen molar-refractivity contribution in [3.63, 3.8) is 0 Å². The van der Waals surface area contributed by atoms with E-state index in [1.54, 1.807) is 6.07 Å². The maximum absolute atomic E-state index is 13.1. The average molecular weight is 283 g/mol. The van der Waals surface area contributed by atoms with Crippen LogP contribution in [-0.4, -0.2) is 30.1 Å². The summed E-state index contributed by atoms with van der Waals surface area (Å²) in [6, 6.07) is 4.70. The van der Waals surface area contributed by atoms with Crippen molar-refractivity contribution in [2.45, 2.75) is 25.9 Å². The van der Waals surface area contributed by atoms with Crippen molar-refractivity contribution < 1.29 is 4.39 Å². The van der Waals surface area contributed by atoms with Gasteiger partial charge in [-0.3, -0.25) is 4.90 Å².